The highest BCUT2D eigenvalue weighted by molar-refractivity contribution is 7.98. The summed E-state index contributed by atoms with van der Waals surface area (Å²) in [5, 5.41) is 12.3. The first-order chi connectivity index (χ1) is 15.1. The molecule has 0 aliphatic carbocycles. The Kier molecular flexibility index (Phi) is 5.83. The summed E-state index contributed by atoms with van der Waals surface area (Å²) in [6.07, 6.45) is 2.24. The van der Waals surface area contributed by atoms with Gasteiger partial charge in [-0.1, -0.05) is 23.4 Å². The van der Waals surface area contributed by atoms with Crippen LogP contribution < -0.4 is 5.56 Å². The molecule has 1 fully saturated rings. The Hall–Kier alpha value is -2.20. The Labute approximate surface area is 192 Å². The van der Waals surface area contributed by atoms with Crippen LogP contribution in [0.15, 0.2) is 45.7 Å². The van der Waals surface area contributed by atoms with Crippen LogP contribution in [0.25, 0.3) is 16.3 Å². The third-order valence-corrected chi connectivity index (χ3v) is 7.40. The van der Waals surface area contributed by atoms with E-state index < -0.39 is 0 Å². The predicted molar refractivity (Wildman–Crippen MR) is 123 cm³/mol. The van der Waals surface area contributed by atoms with Gasteiger partial charge in [-0.05, 0) is 44.0 Å². The number of hydrogen-bond acceptors (Lipinski definition) is 7. The van der Waals surface area contributed by atoms with Gasteiger partial charge in [-0.15, -0.1) is 21.5 Å². The summed E-state index contributed by atoms with van der Waals surface area (Å²) in [7, 11) is 0. The van der Waals surface area contributed by atoms with Crippen molar-refractivity contribution < 1.29 is 4.74 Å². The van der Waals surface area contributed by atoms with Gasteiger partial charge in [0.25, 0.3) is 5.56 Å². The van der Waals surface area contributed by atoms with Crippen LogP contribution in [0.4, 0.5) is 0 Å². The molecule has 4 heterocycles. The fourth-order valence-corrected chi connectivity index (χ4v) is 5.53. The topological polar surface area (TPSA) is 74.3 Å². The lowest BCUT2D eigenvalue weighted by Crippen LogP contribution is -2.17. The Morgan fingerprint density at radius 3 is 2.90 bits per heavy atom. The standard InChI is InChI=1S/C21H20ClN5O2S2/c1-13-11-30-20-23-16(9-18(28)27(13)20)12-31-21-25-24-19(14-4-6-15(22)7-5-14)26(21)10-17-3-2-8-29-17/h4-7,9,11,17H,2-3,8,10,12H2,1H3. The smallest absolute Gasteiger partial charge is 0.258 e. The monoisotopic (exact) mass is 473 g/mol. The van der Waals surface area contributed by atoms with E-state index in [9.17, 15) is 4.79 Å². The highest BCUT2D eigenvalue weighted by Crippen LogP contribution is 2.29. The molecule has 5 rings (SSSR count). The highest BCUT2D eigenvalue weighted by atomic mass is 35.5. The van der Waals surface area contributed by atoms with Crippen molar-refractivity contribution in [2.75, 3.05) is 6.61 Å². The van der Waals surface area contributed by atoms with Crippen LogP contribution in [0.5, 0.6) is 0 Å². The quantitative estimate of drug-likeness (QED) is 0.385. The third kappa shape index (κ3) is 4.27. The lowest BCUT2D eigenvalue weighted by molar-refractivity contribution is 0.0953. The van der Waals surface area contributed by atoms with Crippen molar-refractivity contribution in [2.45, 2.75) is 43.3 Å². The largest absolute Gasteiger partial charge is 0.376 e. The number of halogens is 1. The number of aryl methyl sites for hydroxylation is 1. The van der Waals surface area contributed by atoms with Gasteiger partial charge in [0.05, 0.1) is 18.3 Å². The van der Waals surface area contributed by atoms with Crippen LogP contribution in [-0.4, -0.2) is 36.9 Å². The summed E-state index contributed by atoms with van der Waals surface area (Å²) in [6, 6.07) is 9.19. The van der Waals surface area contributed by atoms with Gasteiger partial charge in [0.1, 0.15) is 0 Å². The van der Waals surface area contributed by atoms with Gasteiger partial charge < -0.3 is 4.74 Å². The molecule has 7 nitrogen and oxygen atoms in total. The number of nitrogens with zero attached hydrogens (tertiary/aromatic N) is 5. The summed E-state index contributed by atoms with van der Waals surface area (Å²) in [4.78, 5) is 17.8. The molecule has 0 radical (unpaired) electrons. The molecule has 1 unspecified atom stereocenters. The fourth-order valence-electron chi connectivity index (χ4n) is 3.68. The zero-order valence-corrected chi connectivity index (χ0v) is 19.2. The molecule has 0 bridgehead atoms. The summed E-state index contributed by atoms with van der Waals surface area (Å²) < 4.78 is 9.60. The first-order valence-electron chi connectivity index (χ1n) is 9.99. The molecule has 4 aromatic rings. The molecule has 0 N–H and O–H groups in total. The first kappa shape index (κ1) is 20.7. The van der Waals surface area contributed by atoms with Crippen LogP contribution in [-0.2, 0) is 17.0 Å². The van der Waals surface area contributed by atoms with E-state index in [1.165, 1.54) is 23.1 Å². The van der Waals surface area contributed by atoms with Crippen molar-refractivity contribution >= 4 is 39.7 Å². The number of fused-ring (bicyclic) bond motifs is 1. The zero-order valence-electron chi connectivity index (χ0n) is 16.8. The maximum atomic E-state index is 12.5. The Balaban J connectivity index is 1.44. The number of thioether (sulfide) groups is 1. The molecule has 1 aromatic carbocycles. The Bertz CT molecular complexity index is 1280. The maximum absolute atomic E-state index is 12.5. The third-order valence-electron chi connectivity index (χ3n) is 5.21. The molecule has 1 aliphatic rings. The number of hydrogen-bond donors (Lipinski definition) is 0. The fraction of sp³-hybridized carbons (Fsp3) is 0.333. The maximum Gasteiger partial charge on any atom is 0.258 e. The second kappa shape index (κ2) is 8.74. The minimum absolute atomic E-state index is 0.0537. The zero-order chi connectivity index (χ0) is 21.4. The average Bonchev–Trinajstić information content (AvgIpc) is 3.49. The van der Waals surface area contributed by atoms with E-state index in [4.69, 9.17) is 16.3 Å². The van der Waals surface area contributed by atoms with E-state index in [0.717, 1.165) is 47.4 Å². The second-order valence-corrected chi connectivity index (χ2v) is 9.64. The second-order valence-electron chi connectivity index (χ2n) is 7.43. The summed E-state index contributed by atoms with van der Waals surface area (Å²) >= 11 is 9.06. The van der Waals surface area contributed by atoms with E-state index in [1.807, 2.05) is 36.6 Å². The van der Waals surface area contributed by atoms with Gasteiger partial charge in [0.2, 0.25) is 0 Å². The van der Waals surface area contributed by atoms with Crippen molar-refractivity contribution in [1.29, 1.82) is 0 Å². The van der Waals surface area contributed by atoms with Crippen molar-refractivity contribution in [1.82, 2.24) is 24.1 Å². The van der Waals surface area contributed by atoms with E-state index in [-0.39, 0.29) is 11.7 Å². The van der Waals surface area contributed by atoms with Gasteiger partial charge in [-0.2, -0.15) is 0 Å². The Morgan fingerprint density at radius 1 is 1.29 bits per heavy atom. The van der Waals surface area contributed by atoms with Crippen LogP contribution in [0.2, 0.25) is 5.02 Å². The Morgan fingerprint density at radius 2 is 2.13 bits per heavy atom. The van der Waals surface area contributed by atoms with Gasteiger partial charge in [0.15, 0.2) is 15.9 Å². The normalized spacial score (nSPS) is 16.4. The molecule has 160 valence electrons. The molecular formula is C21H20ClN5O2S2. The van der Waals surface area contributed by atoms with Crippen LogP contribution in [0.1, 0.15) is 24.2 Å². The van der Waals surface area contributed by atoms with Crippen molar-refractivity contribution in [3.63, 3.8) is 0 Å². The lowest BCUT2D eigenvalue weighted by atomic mass is 10.2. The number of rotatable bonds is 6. The van der Waals surface area contributed by atoms with Gasteiger partial charge >= 0.3 is 0 Å². The van der Waals surface area contributed by atoms with Gasteiger partial charge in [0, 0.05) is 40.1 Å². The molecular weight excluding hydrogens is 454 g/mol. The molecule has 0 amide bonds. The highest BCUT2D eigenvalue weighted by Gasteiger charge is 2.22. The van der Waals surface area contributed by atoms with E-state index >= 15 is 0 Å². The van der Waals surface area contributed by atoms with Gasteiger partial charge in [-0.25, -0.2) is 4.98 Å². The number of ether oxygens (including phenoxy) is 1. The van der Waals surface area contributed by atoms with Gasteiger partial charge in [-0.3, -0.25) is 13.8 Å². The molecule has 1 aliphatic heterocycles. The molecule has 0 saturated carbocycles. The average molecular weight is 474 g/mol. The molecule has 3 aromatic heterocycles. The summed E-state index contributed by atoms with van der Waals surface area (Å²) in [6.45, 7) is 3.39. The lowest BCUT2D eigenvalue weighted by Gasteiger charge is -2.14. The first-order valence-corrected chi connectivity index (χ1v) is 12.2. The number of thiazole rings is 1. The molecule has 0 spiro atoms. The van der Waals surface area contributed by atoms with Crippen LogP contribution in [0, 0.1) is 6.92 Å². The van der Waals surface area contributed by atoms with E-state index in [2.05, 4.69) is 19.7 Å². The minimum atomic E-state index is -0.0537. The molecule has 1 saturated heterocycles. The SMILES string of the molecule is Cc1csc2nc(CSc3nnc(-c4ccc(Cl)cc4)n3CC3CCCO3)cc(=O)n12. The molecule has 10 heteroatoms. The van der Waals surface area contributed by atoms with Crippen molar-refractivity contribution in [2.24, 2.45) is 0 Å². The van der Waals surface area contributed by atoms with Crippen LogP contribution >= 0.6 is 34.7 Å². The molecule has 1 atom stereocenters. The summed E-state index contributed by atoms with van der Waals surface area (Å²) in [5.41, 5.74) is 2.53. The van der Waals surface area contributed by atoms with E-state index in [0.29, 0.717) is 22.3 Å². The van der Waals surface area contributed by atoms with Crippen molar-refractivity contribution in [3.05, 3.63) is 62.5 Å². The number of benzene rings is 1. The van der Waals surface area contributed by atoms with Crippen LogP contribution in [0.3, 0.4) is 0 Å². The molecule has 31 heavy (non-hydrogen) atoms. The minimum Gasteiger partial charge on any atom is -0.376 e. The summed E-state index contributed by atoms with van der Waals surface area (Å²) in [5.74, 6) is 1.32. The predicted octanol–water partition coefficient (Wildman–Crippen LogP) is 4.45. The van der Waals surface area contributed by atoms with E-state index in [1.54, 1.807) is 10.5 Å². The number of aromatic nitrogens is 5. The van der Waals surface area contributed by atoms with Crippen molar-refractivity contribution in [3.8, 4) is 11.4 Å².